The zero-order chi connectivity index (χ0) is 27.1. The molecule has 5 aromatic rings. The van der Waals surface area contributed by atoms with Gasteiger partial charge in [-0.1, -0.05) is 42.5 Å². The summed E-state index contributed by atoms with van der Waals surface area (Å²) in [6.45, 7) is 2.80. The van der Waals surface area contributed by atoms with E-state index in [1.807, 2.05) is 18.2 Å². The van der Waals surface area contributed by atoms with Crippen molar-refractivity contribution in [2.24, 2.45) is 7.05 Å². The van der Waals surface area contributed by atoms with Crippen LogP contribution in [-0.2, 0) is 26.4 Å². The van der Waals surface area contributed by atoms with Gasteiger partial charge in [-0.25, -0.2) is 9.97 Å². The summed E-state index contributed by atoms with van der Waals surface area (Å²) >= 11 is 0. The van der Waals surface area contributed by atoms with Gasteiger partial charge in [0.15, 0.2) is 11.6 Å². The SMILES string of the molecule is CC(=N)C1Cc2nc(C(=O)c3nc4ccc(C(=O)NCCc5cccc6ccccc56)cc4n3C)[nH]c2CN1. The van der Waals surface area contributed by atoms with E-state index in [-0.39, 0.29) is 29.4 Å². The molecular formula is C30H29N7O2. The fraction of sp³-hybridized carbons (Fsp3) is 0.233. The molecule has 0 fully saturated rings. The standard InChI is InChI=1S/C30H29N7O2/c1-17(31)23-15-24-25(16-33-23)35-28(34-24)27(38)29-36-22-11-10-20(14-26(22)37(29)2)30(39)32-13-12-19-8-5-7-18-6-3-4-9-21(18)19/h3-11,14,23,31,33H,12-13,15-16H2,1-2H3,(H,32,39)(H,34,35). The Balaban J connectivity index is 1.18. The molecule has 39 heavy (non-hydrogen) atoms. The third-order valence-corrected chi connectivity index (χ3v) is 7.43. The molecule has 2 aromatic heterocycles. The van der Waals surface area contributed by atoms with Crippen molar-refractivity contribution in [2.75, 3.05) is 6.54 Å². The third-order valence-electron chi connectivity index (χ3n) is 7.43. The molecule has 196 valence electrons. The van der Waals surface area contributed by atoms with Crippen LogP contribution in [0.4, 0.5) is 0 Å². The van der Waals surface area contributed by atoms with E-state index >= 15 is 0 Å². The highest BCUT2D eigenvalue weighted by Crippen LogP contribution is 2.22. The molecule has 1 unspecified atom stereocenters. The van der Waals surface area contributed by atoms with Gasteiger partial charge in [0.2, 0.25) is 0 Å². The Kier molecular flexibility index (Phi) is 6.28. The number of H-pyrrole nitrogens is 1. The average molecular weight is 520 g/mol. The Morgan fingerprint density at radius 1 is 1.10 bits per heavy atom. The third kappa shape index (κ3) is 4.61. The van der Waals surface area contributed by atoms with Gasteiger partial charge in [0.1, 0.15) is 0 Å². The maximum Gasteiger partial charge on any atom is 0.263 e. The van der Waals surface area contributed by atoms with Crippen LogP contribution in [0, 0.1) is 5.41 Å². The number of carbonyl (C=O) groups is 2. The topological polar surface area (TPSA) is 129 Å². The number of amides is 1. The maximum atomic E-state index is 13.3. The normalized spacial score (nSPS) is 14.9. The lowest BCUT2D eigenvalue weighted by Crippen LogP contribution is -2.40. The molecular weight excluding hydrogens is 490 g/mol. The Morgan fingerprint density at radius 3 is 2.77 bits per heavy atom. The molecule has 6 rings (SSSR count). The molecule has 0 spiro atoms. The summed E-state index contributed by atoms with van der Waals surface area (Å²) in [6, 6.07) is 19.6. The van der Waals surface area contributed by atoms with Gasteiger partial charge in [0, 0.05) is 37.8 Å². The number of benzene rings is 3. The summed E-state index contributed by atoms with van der Waals surface area (Å²) in [5.74, 6) is -0.00645. The molecule has 9 heteroatoms. The van der Waals surface area contributed by atoms with Crippen LogP contribution >= 0.6 is 0 Å². The molecule has 0 saturated heterocycles. The minimum atomic E-state index is -0.313. The van der Waals surface area contributed by atoms with Gasteiger partial charge >= 0.3 is 0 Å². The van der Waals surface area contributed by atoms with Crippen LogP contribution in [0.2, 0.25) is 0 Å². The number of aryl methyl sites for hydroxylation is 1. The van der Waals surface area contributed by atoms with Crippen LogP contribution in [0.15, 0.2) is 60.7 Å². The largest absolute Gasteiger partial charge is 0.352 e. The fourth-order valence-corrected chi connectivity index (χ4v) is 5.23. The van der Waals surface area contributed by atoms with Gasteiger partial charge in [-0.05, 0) is 47.9 Å². The van der Waals surface area contributed by atoms with E-state index in [1.165, 1.54) is 16.3 Å². The lowest BCUT2D eigenvalue weighted by molar-refractivity contribution is 0.0953. The second-order valence-electron chi connectivity index (χ2n) is 10.0. The summed E-state index contributed by atoms with van der Waals surface area (Å²) in [5.41, 5.74) is 5.22. The first-order valence-corrected chi connectivity index (χ1v) is 13.0. The summed E-state index contributed by atoms with van der Waals surface area (Å²) in [6.07, 6.45) is 1.29. The summed E-state index contributed by atoms with van der Waals surface area (Å²) in [4.78, 5) is 38.5. The minimum absolute atomic E-state index is 0.0730. The van der Waals surface area contributed by atoms with Crippen molar-refractivity contribution >= 4 is 39.2 Å². The molecule has 1 amide bonds. The zero-order valence-electron chi connectivity index (χ0n) is 21.8. The number of nitrogens with zero attached hydrogens (tertiary/aromatic N) is 3. The molecule has 0 aliphatic carbocycles. The van der Waals surface area contributed by atoms with Crippen molar-refractivity contribution in [3.63, 3.8) is 0 Å². The predicted molar refractivity (Wildman–Crippen MR) is 150 cm³/mol. The molecule has 0 bridgehead atoms. The van der Waals surface area contributed by atoms with E-state index in [4.69, 9.17) is 5.41 Å². The Hall–Kier alpha value is -4.63. The molecule has 3 aromatic carbocycles. The van der Waals surface area contributed by atoms with Crippen molar-refractivity contribution in [3.05, 3.63) is 94.8 Å². The lowest BCUT2D eigenvalue weighted by Gasteiger charge is -2.21. The number of hydrogen-bond donors (Lipinski definition) is 4. The number of hydrogen-bond acceptors (Lipinski definition) is 6. The van der Waals surface area contributed by atoms with Gasteiger partial charge in [-0.2, -0.15) is 0 Å². The fourth-order valence-electron chi connectivity index (χ4n) is 5.23. The summed E-state index contributed by atoms with van der Waals surface area (Å²) in [7, 11) is 1.77. The molecule has 1 aliphatic heterocycles. The molecule has 1 atom stereocenters. The first-order valence-electron chi connectivity index (χ1n) is 13.0. The van der Waals surface area contributed by atoms with Gasteiger partial charge < -0.3 is 25.6 Å². The smallest absolute Gasteiger partial charge is 0.263 e. The highest BCUT2D eigenvalue weighted by Gasteiger charge is 2.27. The number of nitrogens with one attached hydrogen (secondary N) is 4. The maximum absolute atomic E-state index is 13.3. The van der Waals surface area contributed by atoms with Gasteiger partial charge in [0.05, 0.1) is 28.5 Å². The van der Waals surface area contributed by atoms with Crippen molar-refractivity contribution in [1.29, 1.82) is 5.41 Å². The van der Waals surface area contributed by atoms with Crippen LogP contribution in [0.5, 0.6) is 0 Å². The number of carbonyl (C=O) groups excluding carboxylic acids is 2. The number of aromatic nitrogens is 4. The van der Waals surface area contributed by atoms with Crippen molar-refractivity contribution < 1.29 is 9.59 Å². The second kappa shape index (κ2) is 9.92. The van der Waals surface area contributed by atoms with Crippen LogP contribution < -0.4 is 10.6 Å². The number of imidazole rings is 2. The van der Waals surface area contributed by atoms with E-state index in [9.17, 15) is 9.59 Å². The summed E-state index contributed by atoms with van der Waals surface area (Å²) < 4.78 is 1.70. The number of ketones is 1. The Morgan fingerprint density at radius 2 is 1.92 bits per heavy atom. The van der Waals surface area contributed by atoms with Crippen LogP contribution in [0.1, 0.15) is 50.7 Å². The van der Waals surface area contributed by atoms with Crippen LogP contribution in [0.25, 0.3) is 21.8 Å². The number of fused-ring (bicyclic) bond motifs is 3. The van der Waals surface area contributed by atoms with E-state index < -0.39 is 0 Å². The monoisotopic (exact) mass is 519 g/mol. The average Bonchev–Trinajstić information content (AvgIpc) is 3.53. The van der Waals surface area contributed by atoms with E-state index in [2.05, 4.69) is 49.9 Å². The highest BCUT2D eigenvalue weighted by atomic mass is 16.1. The first-order chi connectivity index (χ1) is 18.9. The molecule has 4 N–H and O–H groups in total. The van der Waals surface area contributed by atoms with E-state index in [0.29, 0.717) is 41.8 Å². The van der Waals surface area contributed by atoms with Crippen molar-refractivity contribution in [2.45, 2.75) is 32.4 Å². The van der Waals surface area contributed by atoms with Gasteiger partial charge in [-0.15, -0.1) is 0 Å². The van der Waals surface area contributed by atoms with Crippen LogP contribution in [-0.4, -0.2) is 49.5 Å². The molecule has 1 aliphatic rings. The second-order valence-corrected chi connectivity index (χ2v) is 10.0. The van der Waals surface area contributed by atoms with Gasteiger partial charge in [0.25, 0.3) is 11.7 Å². The van der Waals surface area contributed by atoms with Crippen molar-refractivity contribution in [3.8, 4) is 0 Å². The first kappa shape index (κ1) is 24.7. The zero-order valence-corrected chi connectivity index (χ0v) is 21.8. The predicted octanol–water partition coefficient (Wildman–Crippen LogP) is 3.71. The minimum Gasteiger partial charge on any atom is -0.352 e. The van der Waals surface area contributed by atoms with E-state index in [1.54, 1.807) is 36.7 Å². The molecule has 0 radical (unpaired) electrons. The Bertz CT molecular complexity index is 1760. The lowest BCUT2D eigenvalue weighted by atomic mass is 10.0. The number of aromatic amines is 1. The molecule has 3 heterocycles. The number of rotatable bonds is 7. The quantitative estimate of drug-likeness (QED) is 0.193. The molecule has 9 nitrogen and oxygen atoms in total. The van der Waals surface area contributed by atoms with Crippen molar-refractivity contribution in [1.82, 2.24) is 30.2 Å². The molecule has 0 saturated carbocycles. The highest BCUT2D eigenvalue weighted by molar-refractivity contribution is 6.06. The summed E-state index contributed by atoms with van der Waals surface area (Å²) in [5, 5.41) is 16.6. The van der Waals surface area contributed by atoms with Gasteiger partial charge in [-0.3, -0.25) is 9.59 Å². The Labute approximate surface area is 225 Å². The van der Waals surface area contributed by atoms with Crippen LogP contribution in [0.3, 0.4) is 0 Å². The van der Waals surface area contributed by atoms with E-state index in [0.717, 1.165) is 17.8 Å².